The van der Waals surface area contributed by atoms with Crippen molar-refractivity contribution in [2.75, 3.05) is 6.54 Å². The lowest BCUT2D eigenvalue weighted by atomic mass is 10.1. The topological polar surface area (TPSA) is 20.3 Å². The van der Waals surface area contributed by atoms with E-state index in [1.165, 1.54) is 0 Å². The highest BCUT2D eigenvalue weighted by molar-refractivity contribution is 6.30. The third kappa shape index (κ3) is 2.33. The molecule has 1 fully saturated rings. The number of nitrogens with zero attached hydrogens (tertiary/aromatic N) is 1. The van der Waals surface area contributed by atoms with Crippen LogP contribution in [0.2, 0.25) is 5.02 Å². The van der Waals surface area contributed by atoms with Crippen molar-refractivity contribution in [3.63, 3.8) is 0 Å². The summed E-state index contributed by atoms with van der Waals surface area (Å²) in [4.78, 5) is 13.5. The quantitative estimate of drug-likeness (QED) is 0.746. The zero-order chi connectivity index (χ0) is 11.7. The molecule has 2 atom stereocenters. The van der Waals surface area contributed by atoms with Gasteiger partial charge in [-0.05, 0) is 24.6 Å². The number of alkyl halides is 1. The van der Waals surface area contributed by atoms with Gasteiger partial charge in [-0.15, -0.1) is 11.6 Å². The van der Waals surface area contributed by atoms with E-state index < -0.39 is 0 Å². The van der Waals surface area contributed by atoms with E-state index in [0.29, 0.717) is 18.0 Å². The first kappa shape index (κ1) is 11.7. The van der Waals surface area contributed by atoms with E-state index in [1.807, 2.05) is 36.1 Å². The molecule has 86 valence electrons. The number of carbonyl (C=O) groups is 1. The Bertz CT molecular complexity index is 408. The minimum Gasteiger partial charge on any atom is -0.334 e. The molecule has 1 aliphatic rings. The number of hydrogen-bond donors (Lipinski definition) is 0. The second-order valence-corrected chi connectivity index (χ2v) is 5.13. The Kier molecular flexibility index (Phi) is 3.41. The molecule has 0 aromatic heterocycles. The molecule has 1 aromatic rings. The van der Waals surface area contributed by atoms with Gasteiger partial charge in [-0.2, -0.15) is 0 Å². The number of rotatable bonds is 2. The summed E-state index contributed by atoms with van der Waals surface area (Å²) in [5.41, 5.74) is 1.05. The van der Waals surface area contributed by atoms with E-state index in [0.717, 1.165) is 5.56 Å². The molecular formula is C12H13Cl2NO. The van der Waals surface area contributed by atoms with Gasteiger partial charge in [-0.25, -0.2) is 0 Å². The maximum absolute atomic E-state index is 11.7. The van der Waals surface area contributed by atoms with Crippen LogP contribution in [0.4, 0.5) is 0 Å². The fourth-order valence-electron chi connectivity index (χ4n) is 2.01. The van der Waals surface area contributed by atoms with Crippen molar-refractivity contribution in [3.8, 4) is 0 Å². The Balaban J connectivity index is 2.19. The number of likely N-dealkylation sites (tertiary alicyclic amines) is 1. The molecule has 1 saturated heterocycles. The van der Waals surface area contributed by atoms with E-state index in [-0.39, 0.29) is 17.3 Å². The van der Waals surface area contributed by atoms with E-state index in [4.69, 9.17) is 23.2 Å². The van der Waals surface area contributed by atoms with E-state index in [9.17, 15) is 4.79 Å². The summed E-state index contributed by atoms with van der Waals surface area (Å²) in [5.74, 6) is 0.118. The normalized spacial score (nSPS) is 22.6. The highest BCUT2D eigenvalue weighted by atomic mass is 35.5. The van der Waals surface area contributed by atoms with Crippen LogP contribution in [0.25, 0.3) is 0 Å². The van der Waals surface area contributed by atoms with Crippen molar-refractivity contribution in [1.82, 2.24) is 4.90 Å². The van der Waals surface area contributed by atoms with Crippen molar-refractivity contribution in [1.29, 1.82) is 0 Å². The van der Waals surface area contributed by atoms with Gasteiger partial charge in [0.15, 0.2) is 0 Å². The molecule has 0 N–H and O–H groups in total. The summed E-state index contributed by atoms with van der Waals surface area (Å²) in [7, 11) is 0. The molecule has 1 aliphatic heterocycles. The molecular weight excluding hydrogens is 245 g/mol. The monoisotopic (exact) mass is 257 g/mol. The predicted molar refractivity (Wildman–Crippen MR) is 65.8 cm³/mol. The number of halogens is 2. The lowest BCUT2D eigenvalue weighted by Crippen LogP contribution is -2.28. The Morgan fingerprint density at radius 1 is 1.50 bits per heavy atom. The maximum Gasteiger partial charge on any atom is 0.224 e. The Labute approximate surface area is 105 Å². The van der Waals surface area contributed by atoms with E-state index >= 15 is 0 Å². The third-order valence-electron chi connectivity index (χ3n) is 2.91. The van der Waals surface area contributed by atoms with Crippen LogP contribution in [0.15, 0.2) is 24.3 Å². The zero-order valence-electron chi connectivity index (χ0n) is 8.99. The molecule has 2 unspecified atom stereocenters. The van der Waals surface area contributed by atoms with Gasteiger partial charge in [0.05, 0.1) is 11.4 Å². The second-order valence-electron chi connectivity index (χ2n) is 4.08. The summed E-state index contributed by atoms with van der Waals surface area (Å²) in [6.07, 6.45) is 0.437. The van der Waals surface area contributed by atoms with Crippen molar-refractivity contribution in [3.05, 3.63) is 34.9 Å². The van der Waals surface area contributed by atoms with Crippen LogP contribution in [0.1, 0.15) is 24.9 Å². The van der Waals surface area contributed by atoms with Gasteiger partial charge < -0.3 is 4.90 Å². The molecule has 0 saturated carbocycles. The van der Waals surface area contributed by atoms with Crippen molar-refractivity contribution in [2.45, 2.75) is 24.8 Å². The van der Waals surface area contributed by atoms with Crippen molar-refractivity contribution < 1.29 is 4.79 Å². The highest BCUT2D eigenvalue weighted by Crippen LogP contribution is 2.28. The smallest absolute Gasteiger partial charge is 0.224 e. The van der Waals surface area contributed by atoms with Crippen LogP contribution in [0.3, 0.4) is 0 Å². The molecule has 1 amide bonds. The first-order valence-corrected chi connectivity index (χ1v) is 6.08. The van der Waals surface area contributed by atoms with E-state index in [1.54, 1.807) is 0 Å². The minimum atomic E-state index is -0.0610. The maximum atomic E-state index is 11.7. The Morgan fingerprint density at radius 2 is 2.25 bits per heavy atom. The highest BCUT2D eigenvalue weighted by Gasteiger charge is 2.31. The van der Waals surface area contributed by atoms with Crippen LogP contribution >= 0.6 is 23.2 Å². The summed E-state index contributed by atoms with van der Waals surface area (Å²) >= 11 is 11.9. The summed E-state index contributed by atoms with van der Waals surface area (Å²) in [6.45, 7) is 2.62. The fraction of sp³-hybridized carbons (Fsp3) is 0.417. The van der Waals surface area contributed by atoms with Gasteiger partial charge in [0.2, 0.25) is 5.91 Å². The minimum absolute atomic E-state index is 0.0370. The lowest BCUT2D eigenvalue weighted by molar-refractivity contribution is -0.129. The van der Waals surface area contributed by atoms with E-state index in [2.05, 4.69) is 0 Å². The number of amides is 1. The number of benzene rings is 1. The van der Waals surface area contributed by atoms with Crippen LogP contribution in [0, 0.1) is 0 Å². The molecule has 1 heterocycles. The lowest BCUT2D eigenvalue weighted by Gasteiger charge is -2.24. The fourth-order valence-corrected chi connectivity index (χ4v) is 2.49. The number of carbonyl (C=O) groups excluding carboxylic acids is 1. The standard InChI is InChI=1S/C12H13Cl2NO/c1-8(9-3-2-4-10(13)5-9)15-7-11(14)6-12(15)16/h2-5,8,11H,6-7H2,1H3. The molecule has 0 aliphatic carbocycles. The Morgan fingerprint density at radius 3 is 2.81 bits per heavy atom. The first-order chi connectivity index (χ1) is 7.58. The molecule has 4 heteroatoms. The number of hydrogen-bond acceptors (Lipinski definition) is 1. The molecule has 1 aromatic carbocycles. The van der Waals surface area contributed by atoms with Crippen molar-refractivity contribution >= 4 is 29.1 Å². The molecule has 2 nitrogen and oxygen atoms in total. The predicted octanol–water partition coefficient (Wildman–Crippen LogP) is 3.24. The average molecular weight is 258 g/mol. The zero-order valence-corrected chi connectivity index (χ0v) is 10.5. The van der Waals surface area contributed by atoms with Gasteiger partial charge >= 0.3 is 0 Å². The molecule has 0 spiro atoms. The van der Waals surface area contributed by atoms with Crippen LogP contribution in [-0.4, -0.2) is 22.7 Å². The van der Waals surface area contributed by atoms with Crippen molar-refractivity contribution in [2.24, 2.45) is 0 Å². The molecule has 2 rings (SSSR count). The Hall–Kier alpha value is -0.730. The van der Waals surface area contributed by atoms with Gasteiger partial charge in [-0.3, -0.25) is 4.79 Å². The van der Waals surface area contributed by atoms with Gasteiger partial charge in [-0.1, -0.05) is 23.7 Å². The SMILES string of the molecule is CC(c1cccc(Cl)c1)N1CC(Cl)CC1=O. The summed E-state index contributed by atoms with van der Waals surface area (Å²) in [5, 5.41) is 0.632. The molecule has 16 heavy (non-hydrogen) atoms. The second kappa shape index (κ2) is 4.64. The first-order valence-electron chi connectivity index (χ1n) is 5.27. The van der Waals surface area contributed by atoms with Gasteiger partial charge in [0.25, 0.3) is 0 Å². The third-order valence-corrected chi connectivity index (χ3v) is 3.44. The van der Waals surface area contributed by atoms with Gasteiger partial charge in [0, 0.05) is 18.0 Å². The van der Waals surface area contributed by atoms with Gasteiger partial charge in [0.1, 0.15) is 0 Å². The summed E-state index contributed by atoms with van der Waals surface area (Å²) < 4.78 is 0. The van der Waals surface area contributed by atoms with Crippen LogP contribution in [-0.2, 0) is 4.79 Å². The summed E-state index contributed by atoms with van der Waals surface area (Å²) in [6, 6.07) is 7.63. The largest absolute Gasteiger partial charge is 0.334 e. The van der Waals surface area contributed by atoms with Crippen LogP contribution < -0.4 is 0 Å². The molecule has 0 radical (unpaired) electrons. The van der Waals surface area contributed by atoms with Crippen LogP contribution in [0.5, 0.6) is 0 Å². The molecule has 0 bridgehead atoms. The average Bonchev–Trinajstić information content (AvgIpc) is 2.57.